The van der Waals surface area contributed by atoms with Crippen molar-refractivity contribution in [3.05, 3.63) is 46.0 Å². The monoisotopic (exact) mass is 377 g/mol. The first-order valence-corrected chi connectivity index (χ1v) is 8.78. The molecule has 138 valence electrons. The third-order valence-corrected chi connectivity index (χ3v) is 4.26. The van der Waals surface area contributed by atoms with Gasteiger partial charge in [-0.05, 0) is 38.1 Å². The van der Waals surface area contributed by atoms with Crippen LogP contribution < -0.4 is 15.7 Å². The Morgan fingerprint density at radius 3 is 2.58 bits per heavy atom. The number of aryl methyl sites for hydroxylation is 1. The van der Waals surface area contributed by atoms with E-state index in [4.69, 9.17) is 9.47 Å². The van der Waals surface area contributed by atoms with E-state index in [9.17, 15) is 14.4 Å². The van der Waals surface area contributed by atoms with Gasteiger partial charge in [0.1, 0.15) is 16.3 Å². The highest BCUT2D eigenvalue weighted by atomic mass is 32.2. The van der Waals surface area contributed by atoms with Crippen LogP contribution in [0, 0.1) is 6.92 Å². The second-order valence-electron chi connectivity index (χ2n) is 5.13. The number of thioether (sulfide) groups is 1. The normalized spacial score (nSPS) is 10.3. The van der Waals surface area contributed by atoms with Gasteiger partial charge in [-0.2, -0.15) is 4.98 Å². The predicted molar refractivity (Wildman–Crippen MR) is 97.9 cm³/mol. The van der Waals surface area contributed by atoms with Crippen LogP contribution in [-0.2, 0) is 9.53 Å². The van der Waals surface area contributed by atoms with Gasteiger partial charge in [0.25, 0.3) is 0 Å². The molecule has 26 heavy (non-hydrogen) atoms. The van der Waals surface area contributed by atoms with Gasteiger partial charge in [-0.15, -0.1) is 0 Å². The van der Waals surface area contributed by atoms with Gasteiger partial charge in [-0.1, -0.05) is 11.8 Å². The van der Waals surface area contributed by atoms with E-state index < -0.39 is 11.7 Å². The van der Waals surface area contributed by atoms with Crippen molar-refractivity contribution in [1.29, 1.82) is 0 Å². The van der Waals surface area contributed by atoms with Crippen LogP contribution in [0.3, 0.4) is 0 Å². The van der Waals surface area contributed by atoms with Crippen LogP contribution in [0.15, 0.2) is 34.1 Å². The third-order valence-electron chi connectivity index (χ3n) is 3.28. The van der Waals surface area contributed by atoms with E-state index in [0.29, 0.717) is 17.1 Å². The van der Waals surface area contributed by atoms with Gasteiger partial charge in [-0.25, -0.2) is 9.59 Å². The standard InChI is InChI=1S/C17H19N3O5S/c1-4-25-16(22)14-10(2)18-17(23)20-15(14)26-9-13(21)19-11-5-7-12(24-3)8-6-11/h5-8H,4,9H2,1-3H3,(H,19,21)(H,18,20,23). The molecule has 2 aromatic rings. The lowest BCUT2D eigenvalue weighted by molar-refractivity contribution is -0.113. The molecule has 0 aliphatic rings. The molecule has 9 heteroatoms. The van der Waals surface area contributed by atoms with Gasteiger partial charge >= 0.3 is 11.7 Å². The Bertz CT molecular complexity index is 848. The largest absolute Gasteiger partial charge is 0.497 e. The van der Waals surface area contributed by atoms with Crippen molar-refractivity contribution < 1.29 is 19.1 Å². The third kappa shape index (κ3) is 5.09. The lowest BCUT2D eigenvalue weighted by atomic mass is 10.2. The number of ether oxygens (including phenoxy) is 2. The molecule has 1 amide bonds. The van der Waals surface area contributed by atoms with Crippen molar-refractivity contribution in [1.82, 2.24) is 9.97 Å². The van der Waals surface area contributed by atoms with E-state index in [1.807, 2.05) is 0 Å². The van der Waals surface area contributed by atoms with Crippen LogP contribution in [0.25, 0.3) is 0 Å². The van der Waals surface area contributed by atoms with E-state index in [0.717, 1.165) is 11.8 Å². The summed E-state index contributed by atoms with van der Waals surface area (Å²) in [7, 11) is 1.56. The molecular weight excluding hydrogens is 358 g/mol. The molecule has 1 aromatic carbocycles. The van der Waals surface area contributed by atoms with Crippen LogP contribution in [0.5, 0.6) is 5.75 Å². The maximum atomic E-state index is 12.1. The molecule has 1 heterocycles. The zero-order valence-electron chi connectivity index (χ0n) is 14.6. The molecule has 0 radical (unpaired) electrons. The number of hydrogen-bond donors (Lipinski definition) is 2. The molecule has 2 N–H and O–H groups in total. The zero-order valence-corrected chi connectivity index (χ0v) is 15.4. The van der Waals surface area contributed by atoms with Crippen molar-refractivity contribution in [3.8, 4) is 5.75 Å². The van der Waals surface area contributed by atoms with E-state index >= 15 is 0 Å². The lowest BCUT2D eigenvalue weighted by Crippen LogP contribution is -2.21. The fourth-order valence-corrected chi connectivity index (χ4v) is 2.98. The minimum Gasteiger partial charge on any atom is -0.497 e. The first-order chi connectivity index (χ1) is 12.4. The second-order valence-corrected chi connectivity index (χ2v) is 6.10. The fraction of sp³-hybridized carbons (Fsp3) is 0.294. The number of anilines is 1. The summed E-state index contributed by atoms with van der Waals surface area (Å²) in [5, 5.41) is 2.88. The number of hydrogen-bond acceptors (Lipinski definition) is 7. The zero-order chi connectivity index (χ0) is 19.1. The number of nitrogens with zero attached hydrogens (tertiary/aromatic N) is 1. The molecular formula is C17H19N3O5S. The highest BCUT2D eigenvalue weighted by Gasteiger charge is 2.20. The Morgan fingerprint density at radius 1 is 1.27 bits per heavy atom. The molecule has 0 fully saturated rings. The highest BCUT2D eigenvalue weighted by molar-refractivity contribution is 8.00. The van der Waals surface area contributed by atoms with E-state index in [1.165, 1.54) is 0 Å². The molecule has 0 unspecified atom stereocenters. The van der Waals surface area contributed by atoms with Gasteiger partial charge < -0.3 is 19.8 Å². The number of carbonyl (C=O) groups excluding carboxylic acids is 2. The molecule has 0 saturated heterocycles. The average molecular weight is 377 g/mol. The Balaban J connectivity index is 2.09. The van der Waals surface area contributed by atoms with Gasteiger partial charge in [0.15, 0.2) is 0 Å². The number of nitrogens with one attached hydrogen (secondary N) is 2. The molecule has 1 aromatic heterocycles. The Labute approximate surface area is 154 Å². The highest BCUT2D eigenvalue weighted by Crippen LogP contribution is 2.22. The molecule has 0 aliphatic carbocycles. The maximum absolute atomic E-state index is 12.1. The minimum absolute atomic E-state index is 0.0195. The van der Waals surface area contributed by atoms with E-state index in [-0.39, 0.29) is 28.9 Å². The van der Waals surface area contributed by atoms with Crippen molar-refractivity contribution in [3.63, 3.8) is 0 Å². The number of amides is 1. The number of aromatic amines is 1. The van der Waals surface area contributed by atoms with Gasteiger partial charge in [0.05, 0.1) is 19.5 Å². The maximum Gasteiger partial charge on any atom is 0.346 e. The minimum atomic E-state index is -0.591. The summed E-state index contributed by atoms with van der Waals surface area (Å²) in [6, 6.07) is 6.87. The molecule has 0 aliphatic heterocycles. The van der Waals surface area contributed by atoms with Gasteiger partial charge in [0.2, 0.25) is 5.91 Å². The quantitative estimate of drug-likeness (QED) is 0.431. The van der Waals surface area contributed by atoms with Crippen LogP contribution in [0.4, 0.5) is 5.69 Å². The number of methoxy groups -OCH3 is 1. The number of carbonyl (C=O) groups is 2. The first-order valence-electron chi connectivity index (χ1n) is 7.79. The topological polar surface area (TPSA) is 110 Å². The summed E-state index contributed by atoms with van der Waals surface area (Å²) in [5.74, 6) is -0.227. The van der Waals surface area contributed by atoms with Crippen molar-refractivity contribution in [2.75, 3.05) is 24.8 Å². The molecule has 2 rings (SSSR count). The summed E-state index contributed by atoms with van der Waals surface area (Å²) in [6.07, 6.45) is 0. The SMILES string of the molecule is CCOC(=O)c1c(SCC(=O)Nc2ccc(OC)cc2)nc(=O)[nH]c1C. The first kappa shape index (κ1) is 19.5. The Hall–Kier alpha value is -2.81. The van der Waals surface area contributed by atoms with Gasteiger partial charge in [-0.3, -0.25) is 4.79 Å². The second kappa shape index (κ2) is 9.04. The molecule has 8 nitrogen and oxygen atoms in total. The lowest BCUT2D eigenvalue weighted by Gasteiger charge is -2.10. The fourth-order valence-electron chi connectivity index (χ4n) is 2.11. The summed E-state index contributed by atoms with van der Waals surface area (Å²) in [6.45, 7) is 3.46. The molecule has 0 saturated carbocycles. The van der Waals surface area contributed by atoms with Crippen molar-refractivity contribution >= 4 is 29.3 Å². The summed E-state index contributed by atoms with van der Waals surface area (Å²) < 4.78 is 10.0. The summed E-state index contributed by atoms with van der Waals surface area (Å²) in [5.41, 5.74) is 0.529. The van der Waals surface area contributed by atoms with Crippen LogP contribution in [-0.4, -0.2) is 41.3 Å². The Kier molecular flexibility index (Phi) is 6.79. The average Bonchev–Trinajstić information content (AvgIpc) is 2.60. The molecule has 0 bridgehead atoms. The molecule has 0 atom stereocenters. The molecule has 0 spiro atoms. The van der Waals surface area contributed by atoms with E-state index in [2.05, 4.69) is 15.3 Å². The van der Waals surface area contributed by atoms with Gasteiger partial charge in [0, 0.05) is 11.4 Å². The van der Waals surface area contributed by atoms with Crippen LogP contribution >= 0.6 is 11.8 Å². The predicted octanol–water partition coefficient (Wildman–Crippen LogP) is 1.99. The summed E-state index contributed by atoms with van der Waals surface area (Å²) >= 11 is 0.996. The van der Waals surface area contributed by atoms with Crippen LogP contribution in [0.2, 0.25) is 0 Å². The number of rotatable bonds is 7. The number of aromatic nitrogens is 2. The Morgan fingerprint density at radius 2 is 1.96 bits per heavy atom. The number of esters is 1. The smallest absolute Gasteiger partial charge is 0.346 e. The number of benzene rings is 1. The van der Waals surface area contributed by atoms with E-state index in [1.54, 1.807) is 45.2 Å². The van der Waals surface area contributed by atoms with Crippen molar-refractivity contribution in [2.24, 2.45) is 0 Å². The number of H-pyrrole nitrogens is 1. The van der Waals surface area contributed by atoms with Crippen molar-refractivity contribution in [2.45, 2.75) is 18.9 Å². The van der Waals surface area contributed by atoms with Crippen LogP contribution in [0.1, 0.15) is 23.0 Å². The summed E-state index contributed by atoms with van der Waals surface area (Å²) in [4.78, 5) is 42.1.